The zero-order valence-electron chi connectivity index (χ0n) is 11.7. The molecule has 0 amide bonds. The summed E-state index contributed by atoms with van der Waals surface area (Å²) in [5.41, 5.74) is 1.02. The van der Waals surface area contributed by atoms with Crippen LogP contribution in [0.3, 0.4) is 0 Å². The predicted octanol–water partition coefficient (Wildman–Crippen LogP) is 3.91. The van der Waals surface area contributed by atoms with Gasteiger partial charge in [-0.3, -0.25) is 0 Å². The van der Waals surface area contributed by atoms with Crippen LogP contribution in [-0.4, -0.2) is 29.7 Å². The lowest BCUT2D eigenvalue weighted by molar-refractivity contribution is 0.167. The lowest BCUT2D eigenvalue weighted by atomic mass is 10.3. The molecule has 0 fully saturated rings. The molecule has 0 aliphatic heterocycles. The van der Waals surface area contributed by atoms with Gasteiger partial charge in [0.1, 0.15) is 10.6 Å². The zero-order valence-corrected chi connectivity index (χ0v) is 13.3. The van der Waals surface area contributed by atoms with E-state index in [1.54, 1.807) is 11.3 Å². The monoisotopic (exact) mass is 311 g/mol. The number of hydrogen-bond donors (Lipinski definition) is 1. The van der Waals surface area contributed by atoms with E-state index in [1.807, 2.05) is 6.92 Å². The molecule has 2 aromatic rings. The van der Waals surface area contributed by atoms with Crippen molar-refractivity contribution < 1.29 is 4.74 Å². The molecule has 4 nitrogen and oxygen atoms in total. The Morgan fingerprint density at radius 1 is 1.50 bits per heavy atom. The van der Waals surface area contributed by atoms with Gasteiger partial charge < -0.3 is 10.1 Å². The standard InChI is InChI=1S/C14H18ClN3OS/c1-4-10-7-11-12(16-5-6-19-8-9(2)3)17-14(15)18-13(11)20-10/h7H,2,4-6,8H2,1,3H3,(H,16,17,18). The Morgan fingerprint density at radius 3 is 3.00 bits per heavy atom. The third kappa shape index (κ3) is 3.91. The average Bonchev–Trinajstić information content (AvgIpc) is 2.80. The summed E-state index contributed by atoms with van der Waals surface area (Å²) < 4.78 is 5.45. The largest absolute Gasteiger partial charge is 0.375 e. The van der Waals surface area contributed by atoms with E-state index in [1.165, 1.54) is 4.88 Å². The minimum Gasteiger partial charge on any atom is -0.375 e. The molecule has 0 aliphatic rings. The van der Waals surface area contributed by atoms with Crippen LogP contribution >= 0.6 is 22.9 Å². The molecule has 0 radical (unpaired) electrons. The summed E-state index contributed by atoms with van der Waals surface area (Å²) in [5, 5.41) is 4.55. The highest BCUT2D eigenvalue weighted by molar-refractivity contribution is 7.18. The topological polar surface area (TPSA) is 47.0 Å². The summed E-state index contributed by atoms with van der Waals surface area (Å²) in [7, 11) is 0. The van der Waals surface area contributed by atoms with E-state index in [0.717, 1.165) is 28.0 Å². The molecule has 6 heteroatoms. The molecule has 0 unspecified atom stereocenters. The molecule has 2 heterocycles. The fourth-order valence-electron chi connectivity index (χ4n) is 1.74. The highest BCUT2D eigenvalue weighted by atomic mass is 35.5. The van der Waals surface area contributed by atoms with Gasteiger partial charge in [0.15, 0.2) is 0 Å². The van der Waals surface area contributed by atoms with E-state index in [4.69, 9.17) is 16.3 Å². The van der Waals surface area contributed by atoms with Crippen LogP contribution in [0.2, 0.25) is 5.28 Å². The van der Waals surface area contributed by atoms with Crippen molar-refractivity contribution in [1.29, 1.82) is 0 Å². The predicted molar refractivity (Wildman–Crippen MR) is 85.9 cm³/mol. The molecule has 2 aromatic heterocycles. The number of fused-ring (bicyclic) bond motifs is 1. The van der Waals surface area contributed by atoms with Gasteiger partial charge in [-0.2, -0.15) is 0 Å². The molecule has 0 aromatic carbocycles. The second-order valence-electron chi connectivity index (χ2n) is 4.56. The maximum Gasteiger partial charge on any atom is 0.225 e. The number of anilines is 1. The van der Waals surface area contributed by atoms with E-state index >= 15 is 0 Å². The summed E-state index contributed by atoms with van der Waals surface area (Å²) in [6.07, 6.45) is 0.986. The summed E-state index contributed by atoms with van der Waals surface area (Å²) in [6, 6.07) is 2.12. The van der Waals surface area contributed by atoms with Crippen LogP contribution in [0.1, 0.15) is 18.7 Å². The van der Waals surface area contributed by atoms with E-state index in [9.17, 15) is 0 Å². The fourth-order valence-corrected chi connectivity index (χ4v) is 2.93. The van der Waals surface area contributed by atoms with Gasteiger partial charge >= 0.3 is 0 Å². The number of nitrogens with zero attached hydrogens (tertiary/aromatic N) is 2. The van der Waals surface area contributed by atoms with Crippen molar-refractivity contribution >= 4 is 39.0 Å². The Hall–Kier alpha value is -1.17. The number of ether oxygens (including phenoxy) is 1. The highest BCUT2D eigenvalue weighted by Gasteiger charge is 2.10. The number of thiophene rings is 1. The number of halogens is 1. The van der Waals surface area contributed by atoms with Crippen molar-refractivity contribution in [2.75, 3.05) is 25.1 Å². The molecule has 1 N–H and O–H groups in total. The number of aromatic nitrogens is 2. The molecule has 0 saturated heterocycles. The molecular weight excluding hydrogens is 294 g/mol. The van der Waals surface area contributed by atoms with Crippen LogP contribution < -0.4 is 5.32 Å². The highest BCUT2D eigenvalue weighted by Crippen LogP contribution is 2.30. The van der Waals surface area contributed by atoms with Crippen molar-refractivity contribution in [2.45, 2.75) is 20.3 Å². The first-order valence-corrected chi connectivity index (χ1v) is 7.71. The molecular formula is C14H18ClN3OS. The van der Waals surface area contributed by atoms with Crippen LogP contribution in [0.25, 0.3) is 10.2 Å². The van der Waals surface area contributed by atoms with Gasteiger partial charge in [-0.1, -0.05) is 19.1 Å². The van der Waals surface area contributed by atoms with Crippen LogP contribution in [0.15, 0.2) is 18.2 Å². The second kappa shape index (κ2) is 7.02. The molecule has 0 bridgehead atoms. The van der Waals surface area contributed by atoms with Gasteiger partial charge in [-0.05, 0) is 31.0 Å². The molecule has 0 saturated carbocycles. The summed E-state index contributed by atoms with van der Waals surface area (Å²) in [5.74, 6) is 0.773. The van der Waals surface area contributed by atoms with Gasteiger partial charge in [0.25, 0.3) is 0 Å². The van der Waals surface area contributed by atoms with Gasteiger partial charge in [0, 0.05) is 11.4 Å². The van der Waals surface area contributed by atoms with E-state index in [0.29, 0.717) is 19.8 Å². The summed E-state index contributed by atoms with van der Waals surface area (Å²) in [4.78, 5) is 10.7. The minimum atomic E-state index is 0.271. The molecule has 2 rings (SSSR count). The number of hydrogen-bond acceptors (Lipinski definition) is 5. The minimum absolute atomic E-state index is 0.271. The Kier molecular flexibility index (Phi) is 5.34. The van der Waals surface area contributed by atoms with Crippen LogP contribution in [0, 0.1) is 0 Å². The van der Waals surface area contributed by atoms with Crippen molar-refractivity contribution in [3.05, 3.63) is 28.4 Å². The first-order chi connectivity index (χ1) is 9.60. The first-order valence-electron chi connectivity index (χ1n) is 6.52. The van der Waals surface area contributed by atoms with E-state index in [2.05, 4.69) is 34.9 Å². The van der Waals surface area contributed by atoms with Gasteiger partial charge in [0.05, 0.1) is 18.6 Å². The van der Waals surface area contributed by atoms with Crippen molar-refractivity contribution in [3.8, 4) is 0 Å². The Balaban J connectivity index is 2.05. The molecule has 0 spiro atoms. The van der Waals surface area contributed by atoms with Gasteiger partial charge in [0.2, 0.25) is 5.28 Å². The summed E-state index contributed by atoms with van der Waals surface area (Å²) >= 11 is 7.61. The van der Waals surface area contributed by atoms with E-state index < -0.39 is 0 Å². The van der Waals surface area contributed by atoms with Crippen LogP contribution in [-0.2, 0) is 11.2 Å². The van der Waals surface area contributed by atoms with Crippen molar-refractivity contribution in [1.82, 2.24) is 9.97 Å². The maximum absolute atomic E-state index is 5.96. The third-order valence-corrected chi connectivity index (χ3v) is 3.99. The van der Waals surface area contributed by atoms with Crippen molar-refractivity contribution in [2.24, 2.45) is 0 Å². The lowest BCUT2D eigenvalue weighted by Crippen LogP contribution is -2.11. The average molecular weight is 312 g/mol. The quantitative estimate of drug-likeness (QED) is 0.478. The van der Waals surface area contributed by atoms with E-state index in [-0.39, 0.29) is 5.28 Å². The van der Waals surface area contributed by atoms with Crippen LogP contribution in [0.4, 0.5) is 5.82 Å². The van der Waals surface area contributed by atoms with Crippen molar-refractivity contribution in [3.63, 3.8) is 0 Å². The number of aryl methyl sites for hydroxylation is 1. The first kappa shape index (κ1) is 15.2. The number of rotatable bonds is 7. The fraction of sp³-hybridized carbons (Fsp3) is 0.429. The van der Waals surface area contributed by atoms with Gasteiger partial charge in [-0.25, -0.2) is 9.97 Å². The molecule has 0 aliphatic carbocycles. The molecule has 20 heavy (non-hydrogen) atoms. The lowest BCUT2D eigenvalue weighted by Gasteiger charge is -2.07. The maximum atomic E-state index is 5.96. The second-order valence-corrected chi connectivity index (χ2v) is 6.02. The molecule has 0 atom stereocenters. The zero-order chi connectivity index (χ0) is 14.5. The normalized spacial score (nSPS) is 10.9. The Labute approximate surface area is 127 Å². The smallest absolute Gasteiger partial charge is 0.225 e. The van der Waals surface area contributed by atoms with Crippen LogP contribution in [0.5, 0.6) is 0 Å². The van der Waals surface area contributed by atoms with Gasteiger partial charge in [-0.15, -0.1) is 11.3 Å². The SMILES string of the molecule is C=C(C)COCCNc1nc(Cl)nc2sc(CC)cc12. The summed E-state index contributed by atoms with van der Waals surface area (Å²) in [6.45, 7) is 9.72. The molecule has 108 valence electrons. The Morgan fingerprint density at radius 2 is 2.30 bits per heavy atom. The number of nitrogens with one attached hydrogen (secondary N) is 1. The Bertz CT molecular complexity index is 612. The third-order valence-electron chi connectivity index (χ3n) is 2.65.